The van der Waals surface area contributed by atoms with Crippen LogP contribution in [0.25, 0.3) is 0 Å². The Kier molecular flexibility index (Phi) is 7.94. The molecule has 1 fully saturated rings. The van der Waals surface area contributed by atoms with Gasteiger partial charge < -0.3 is 18.9 Å². The number of anilines is 1. The third kappa shape index (κ3) is 7.19. The highest BCUT2D eigenvalue weighted by molar-refractivity contribution is 5.83. The maximum Gasteiger partial charge on any atom is 0.509 e. The van der Waals surface area contributed by atoms with Gasteiger partial charge in [-0.25, -0.2) is 19.2 Å². The van der Waals surface area contributed by atoms with Gasteiger partial charge in [-0.15, -0.1) is 0 Å². The molecule has 2 amide bonds. The van der Waals surface area contributed by atoms with Crippen LogP contribution in [0.2, 0.25) is 0 Å². The second-order valence-corrected chi connectivity index (χ2v) is 8.74. The van der Waals surface area contributed by atoms with E-state index in [0.29, 0.717) is 0 Å². The lowest BCUT2D eigenvalue weighted by Gasteiger charge is -2.27. The fourth-order valence-electron chi connectivity index (χ4n) is 3.39. The second kappa shape index (κ2) is 10.9. The average molecular weight is 488 g/mol. The van der Waals surface area contributed by atoms with Crippen molar-refractivity contribution in [1.29, 1.82) is 0 Å². The number of amides is 2. The van der Waals surface area contributed by atoms with Crippen molar-refractivity contribution in [3.05, 3.63) is 58.6 Å². The first-order chi connectivity index (χ1) is 16.6. The summed E-state index contributed by atoms with van der Waals surface area (Å²) in [7, 11) is 1.15. The fourth-order valence-corrected chi connectivity index (χ4v) is 3.39. The Balaban J connectivity index is 1.68. The summed E-state index contributed by atoms with van der Waals surface area (Å²) in [6, 6.07) is 9.99. The molecular weight excluding hydrogens is 460 g/mol. The summed E-state index contributed by atoms with van der Waals surface area (Å²) in [5.41, 5.74) is -0.629. The number of benzene rings is 1. The minimum absolute atomic E-state index is 0.00803. The second-order valence-electron chi connectivity index (χ2n) is 8.74. The van der Waals surface area contributed by atoms with Gasteiger partial charge in [0.2, 0.25) is 0 Å². The monoisotopic (exact) mass is 488 g/mol. The van der Waals surface area contributed by atoms with Crippen molar-refractivity contribution < 1.29 is 33.3 Å². The number of rotatable bonds is 5. The minimum Gasteiger partial charge on any atom is -0.444 e. The Bertz CT molecular complexity index is 1110. The Morgan fingerprint density at radius 3 is 2.49 bits per heavy atom. The van der Waals surface area contributed by atoms with Gasteiger partial charge in [0, 0.05) is 19.2 Å². The van der Waals surface area contributed by atoms with E-state index < -0.39 is 41.9 Å². The summed E-state index contributed by atoms with van der Waals surface area (Å²) < 4.78 is 21.5. The number of hydrogen-bond donors (Lipinski definition) is 1. The topological polar surface area (TPSA) is 138 Å². The smallest absolute Gasteiger partial charge is 0.444 e. The van der Waals surface area contributed by atoms with E-state index in [9.17, 15) is 19.2 Å². The Labute approximate surface area is 201 Å². The molecule has 0 unspecified atom stereocenters. The van der Waals surface area contributed by atoms with E-state index in [1.54, 1.807) is 20.8 Å². The van der Waals surface area contributed by atoms with Crippen molar-refractivity contribution in [2.24, 2.45) is 0 Å². The predicted molar refractivity (Wildman–Crippen MR) is 123 cm³/mol. The maximum atomic E-state index is 12.7. The summed E-state index contributed by atoms with van der Waals surface area (Å²) in [4.78, 5) is 54.1. The lowest BCUT2D eigenvalue weighted by atomic mass is 10.2. The van der Waals surface area contributed by atoms with E-state index in [0.717, 1.165) is 12.7 Å². The van der Waals surface area contributed by atoms with Crippen molar-refractivity contribution in [3.8, 4) is 0 Å². The fraction of sp³-hybridized carbons (Fsp3) is 0.435. The van der Waals surface area contributed by atoms with E-state index in [1.165, 1.54) is 21.7 Å². The van der Waals surface area contributed by atoms with Crippen LogP contribution in [0.15, 0.2) is 47.4 Å². The molecule has 3 rings (SSSR count). The molecule has 0 bridgehead atoms. The highest BCUT2D eigenvalue weighted by Crippen LogP contribution is 2.29. The average Bonchev–Trinajstić information content (AvgIpc) is 3.20. The van der Waals surface area contributed by atoms with Crippen LogP contribution in [-0.4, -0.2) is 58.3 Å². The standard InChI is InChI=1S/C23H28N4O8/c1-23(2,3)35-21(30)27-13-16(12-18(27)34-22(31)32-4)26-11-10-17(24-19(26)28)25-20(29)33-14-15-8-6-5-7-9-15/h5-11,16,18H,12-14H2,1-4H3,(H,24,25,28,29)/t16-,18+/m1/s1. The summed E-state index contributed by atoms with van der Waals surface area (Å²) in [5.74, 6) is 0.00803. The van der Waals surface area contributed by atoms with Gasteiger partial charge >= 0.3 is 24.0 Å². The number of carbonyl (C=O) groups excluding carboxylic acids is 3. The van der Waals surface area contributed by atoms with Crippen LogP contribution < -0.4 is 11.0 Å². The van der Waals surface area contributed by atoms with Gasteiger partial charge in [-0.2, -0.15) is 4.98 Å². The van der Waals surface area contributed by atoms with Crippen LogP contribution in [0.3, 0.4) is 0 Å². The molecule has 0 radical (unpaired) electrons. The molecule has 2 heterocycles. The summed E-state index contributed by atoms with van der Waals surface area (Å²) in [5, 5.41) is 2.41. The predicted octanol–water partition coefficient (Wildman–Crippen LogP) is 3.28. The van der Waals surface area contributed by atoms with Gasteiger partial charge in [0.15, 0.2) is 6.23 Å². The number of likely N-dealkylation sites (tertiary alicyclic amines) is 1. The normalized spacial score (nSPS) is 17.4. The largest absolute Gasteiger partial charge is 0.509 e. The van der Waals surface area contributed by atoms with Gasteiger partial charge in [-0.05, 0) is 32.4 Å². The molecule has 35 heavy (non-hydrogen) atoms. The van der Waals surface area contributed by atoms with E-state index in [2.05, 4.69) is 15.0 Å². The van der Waals surface area contributed by atoms with Crippen molar-refractivity contribution in [1.82, 2.24) is 14.5 Å². The Morgan fingerprint density at radius 1 is 1.14 bits per heavy atom. The lowest BCUT2D eigenvalue weighted by molar-refractivity contribution is -0.0370. The minimum atomic E-state index is -1.00. The zero-order valence-corrected chi connectivity index (χ0v) is 19.9. The van der Waals surface area contributed by atoms with Crippen LogP contribution in [0.5, 0.6) is 0 Å². The van der Waals surface area contributed by atoms with Crippen molar-refractivity contribution in [3.63, 3.8) is 0 Å². The maximum absolute atomic E-state index is 12.7. The van der Waals surface area contributed by atoms with E-state index in [4.69, 9.17) is 14.2 Å². The van der Waals surface area contributed by atoms with Gasteiger partial charge in [-0.1, -0.05) is 30.3 Å². The zero-order chi connectivity index (χ0) is 25.6. The third-order valence-electron chi connectivity index (χ3n) is 4.92. The van der Waals surface area contributed by atoms with Gasteiger partial charge in [0.25, 0.3) is 0 Å². The number of ether oxygens (including phenoxy) is 4. The van der Waals surface area contributed by atoms with Crippen LogP contribution in [0.1, 0.15) is 38.8 Å². The molecule has 1 aromatic heterocycles. The van der Waals surface area contributed by atoms with Crippen LogP contribution >= 0.6 is 0 Å². The van der Waals surface area contributed by atoms with E-state index in [1.807, 2.05) is 30.3 Å². The molecule has 12 nitrogen and oxygen atoms in total. The SMILES string of the molecule is COC(=O)O[C@H]1C[C@@H](n2ccc(NC(=O)OCc3ccccc3)nc2=O)CN1C(=O)OC(C)(C)C. The molecule has 1 saturated heterocycles. The molecule has 0 saturated carbocycles. The quantitative estimate of drug-likeness (QED) is 0.496. The molecule has 1 N–H and O–H groups in total. The first-order valence-corrected chi connectivity index (χ1v) is 10.9. The molecule has 12 heteroatoms. The van der Waals surface area contributed by atoms with Gasteiger partial charge in [0.1, 0.15) is 18.0 Å². The number of nitrogens with zero attached hydrogens (tertiary/aromatic N) is 3. The highest BCUT2D eigenvalue weighted by Gasteiger charge is 2.41. The summed E-state index contributed by atoms with van der Waals surface area (Å²) >= 11 is 0. The van der Waals surface area contributed by atoms with E-state index >= 15 is 0 Å². The molecule has 2 atom stereocenters. The molecule has 2 aromatic rings. The number of methoxy groups -OCH3 is 1. The highest BCUT2D eigenvalue weighted by atomic mass is 16.7. The van der Waals surface area contributed by atoms with Crippen LogP contribution in [0.4, 0.5) is 20.2 Å². The number of nitrogens with one attached hydrogen (secondary N) is 1. The molecule has 1 aliphatic rings. The lowest BCUT2D eigenvalue weighted by Crippen LogP contribution is -2.42. The first-order valence-electron chi connectivity index (χ1n) is 10.9. The molecule has 188 valence electrons. The summed E-state index contributed by atoms with van der Waals surface area (Å²) in [6.45, 7) is 5.22. The zero-order valence-electron chi connectivity index (χ0n) is 19.9. The van der Waals surface area contributed by atoms with Gasteiger partial charge in [-0.3, -0.25) is 14.8 Å². The van der Waals surface area contributed by atoms with E-state index in [-0.39, 0.29) is 25.4 Å². The molecule has 1 aromatic carbocycles. The Morgan fingerprint density at radius 2 is 1.86 bits per heavy atom. The number of carbonyl (C=O) groups is 3. The van der Waals surface area contributed by atoms with Crippen molar-refractivity contribution in [2.75, 3.05) is 19.0 Å². The van der Waals surface area contributed by atoms with Crippen molar-refractivity contribution in [2.45, 2.75) is 51.7 Å². The van der Waals surface area contributed by atoms with Crippen molar-refractivity contribution >= 4 is 24.2 Å². The first kappa shape index (κ1) is 25.5. The Hall–Kier alpha value is -4.09. The third-order valence-corrected chi connectivity index (χ3v) is 4.92. The van der Waals surface area contributed by atoms with Crippen LogP contribution in [-0.2, 0) is 25.6 Å². The molecule has 0 spiro atoms. The molecular formula is C23H28N4O8. The number of aromatic nitrogens is 2. The van der Waals surface area contributed by atoms with Gasteiger partial charge in [0.05, 0.1) is 13.2 Å². The molecule has 1 aliphatic heterocycles. The molecule has 0 aliphatic carbocycles. The van der Waals surface area contributed by atoms with Crippen LogP contribution in [0, 0.1) is 0 Å². The summed E-state index contributed by atoms with van der Waals surface area (Å²) in [6.07, 6.45) is -1.89. The number of hydrogen-bond acceptors (Lipinski definition) is 9.